The first-order valence-electron chi connectivity index (χ1n) is 4.86. The number of terminal acetylenes is 1. The molecule has 2 N–H and O–H groups in total. The molecule has 0 saturated heterocycles. The summed E-state index contributed by atoms with van der Waals surface area (Å²) >= 11 is 3.28. The first kappa shape index (κ1) is 12.1. The van der Waals surface area contributed by atoms with Crippen molar-refractivity contribution < 1.29 is 5.11 Å². The molecule has 0 aliphatic heterocycles. The van der Waals surface area contributed by atoms with E-state index < -0.39 is 0 Å². The zero-order chi connectivity index (χ0) is 11.1. The molecule has 80 valence electrons. The van der Waals surface area contributed by atoms with Crippen molar-refractivity contribution in [3.05, 3.63) is 28.2 Å². The number of benzene rings is 1. The molecule has 0 radical (unpaired) electrons. The summed E-state index contributed by atoms with van der Waals surface area (Å²) in [5.41, 5.74) is 0.894. The lowest BCUT2D eigenvalue weighted by atomic mass is 10.2. The van der Waals surface area contributed by atoms with Gasteiger partial charge in [0.15, 0.2) is 0 Å². The minimum absolute atomic E-state index is 0.307. The fourth-order valence-corrected chi connectivity index (χ4v) is 1.65. The molecule has 0 amide bonds. The number of hydrogen-bond acceptors (Lipinski definition) is 2. The Morgan fingerprint density at radius 2 is 2.27 bits per heavy atom. The van der Waals surface area contributed by atoms with Crippen LogP contribution in [0, 0.1) is 12.3 Å². The highest BCUT2D eigenvalue weighted by Crippen LogP contribution is 2.26. The molecule has 2 nitrogen and oxygen atoms in total. The summed E-state index contributed by atoms with van der Waals surface area (Å²) < 4.78 is 0.727. The second-order valence-electron chi connectivity index (χ2n) is 3.23. The zero-order valence-corrected chi connectivity index (χ0v) is 10.0. The van der Waals surface area contributed by atoms with Gasteiger partial charge in [-0.25, -0.2) is 0 Å². The summed E-state index contributed by atoms with van der Waals surface area (Å²) in [7, 11) is 0. The maximum atomic E-state index is 9.68. The molecule has 0 aliphatic carbocycles. The summed E-state index contributed by atoms with van der Waals surface area (Å²) in [6, 6.07) is 5.62. The molecule has 15 heavy (non-hydrogen) atoms. The Morgan fingerprint density at radius 1 is 1.47 bits per heavy atom. The largest absolute Gasteiger partial charge is 0.506 e. The molecule has 1 rings (SSSR count). The van der Waals surface area contributed by atoms with Gasteiger partial charge in [0, 0.05) is 18.5 Å². The Hall–Kier alpha value is -0.980. The van der Waals surface area contributed by atoms with Crippen molar-refractivity contribution in [2.45, 2.75) is 19.4 Å². The van der Waals surface area contributed by atoms with E-state index in [1.807, 2.05) is 18.2 Å². The van der Waals surface area contributed by atoms with Gasteiger partial charge in [-0.15, -0.1) is 12.3 Å². The molecule has 0 bridgehead atoms. The van der Waals surface area contributed by atoms with Gasteiger partial charge in [0.05, 0.1) is 4.47 Å². The SMILES string of the molecule is C#CCCCNCc1cccc(Br)c1O. The van der Waals surface area contributed by atoms with Crippen LogP contribution < -0.4 is 5.32 Å². The molecule has 1 aromatic rings. The van der Waals surface area contributed by atoms with E-state index >= 15 is 0 Å². The standard InChI is InChI=1S/C12H14BrNO/c1-2-3-4-8-14-9-10-6-5-7-11(13)12(10)15/h1,5-7,14-15H,3-4,8-9H2. The molecule has 1 aromatic carbocycles. The molecule has 3 heteroatoms. The van der Waals surface area contributed by atoms with Gasteiger partial charge < -0.3 is 10.4 Å². The first-order chi connectivity index (χ1) is 7.25. The van der Waals surface area contributed by atoms with Crippen LogP contribution in [0.4, 0.5) is 0 Å². The highest BCUT2D eigenvalue weighted by Gasteiger charge is 2.03. The van der Waals surface area contributed by atoms with Crippen LogP contribution in [0.1, 0.15) is 18.4 Å². The molecular weight excluding hydrogens is 254 g/mol. The minimum atomic E-state index is 0.307. The number of aromatic hydroxyl groups is 1. The van der Waals surface area contributed by atoms with Gasteiger partial charge in [0.2, 0.25) is 0 Å². The van der Waals surface area contributed by atoms with Crippen LogP contribution >= 0.6 is 15.9 Å². The number of halogens is 1. The van der Waals surface area contributed by atoms with Gasteiger partial charge in [-0.3, -0.25) is 0 Å². The third kappa shape index (κ3) is 3.94. The average molecular weight is 268 g/mol. The van der Waals surface area contributed by atoms with Crippen molar-refractivity contribution in [3.63, 3.8) is 0 Å². The quantitative estimate of drug-likeness (QED) is 0.635. The number of phenolic OH excluding ortho intramolecular Hbond substituents is 1. The third-order valence-electron chi connectivity index (χ3n) is 2.06. The highest BCUT2D eigenvalue weighted by molar-refractivity contribution is 9.10. The number of hydrogen-bond donors (Lipinski definition) is 2. The van der Waals surface area contributed by atoms with Gasteiger partial charge in [0.1, 0.15) is 5.75 Å². The Morgan fingerprint density at radius 3 is 3.00 bits per heavy atom. The second-order valence-corrected chi connectivity index (χ2v) is 4.09. The van der Waals surface area contributed by atoms with E-state index in [0.29, 0.717) is 12.3 Å². The van der Waals surface area contributed by atoms with Crippen LogP contribution in [-0.4, -0.2) is 11.7 Å². The van der Waals surface area contributed by atoms with Crippen LogP contribution in [0.25, 0.3) is 0 Å². The average Bonchev–Trinajstić information content (AvgIpc) is 2.24. The number of nitrogens with one attached hydrogen (secondary N) is 1. The van der Waals surface area contributed by atoms with Gasteiger partial charge in [-0.1, -0.05) is 12.1 Å². The second kappa shape index (κ2) is 6.49. The summed E-state index contributed by atoms with van der Waals surface area (Å²) in [4.78, 5) is 0. The molecule has 0 spiro atoms. The fourth-order valence-electron chi connectivity index (χ4n) is 1.24. The monoisotopic (exact) mass is 267 g/mol. The van der Waals surface area contributed by atoms with Gasteiger partial charge in [-0.2, -0.15) is 0 Å². The lowest BCUT2D eigenvalue weighted by molar-refractivity contribution is 0.461. The molecule has 0 saturated carbocycles. The summed E-state index contributed by atoms with van der Waals surface area (Å²) in [6.07, 6.45) is 6.89. The Balaban J connectivity index is 2.38. The third-order valence-corrected chi connectivity index (χ3v) is 2.70. The van der Waals surface area contributed by atoms with E-state index in [1.54, 1.807) is 0 Å². The summed E-state index contributed by atoms with van der Waals surface area (Å²) in [5, 5.41) is 12.9. The molecule has 0 fully saturated rings. The van der Waals surface area contributed by atoms with Crippen molar-refractivity contribution >= 4 is 15.9 Å². The van der Waals surface area contributed by atoms with Gasteiger partial charge >= 0.3 is 0 Å². The Labute approximate surface area is 98.8 Å². The first-order valence-corrected chi connectivity index (χ1v) is 5.65. The Kier molecular flexibility index (Phi) is 5.23. The van der Waals surface area contributed by atoms with E-state index in [0.717, 1.165) is 29.4 Å². The smallest absolute Gasteiger partial charge is 0.134 e. The number of rotatable bonds is 5. The van der Waals surface area contributed by atoms with Gasteiger partial charge in [-0.05, 0) is 35.0 Å². The lowest BCUT2D eigenvalue weighted by Gasteiger charge is -2.07. The van der Waals surface area contributed by atoms with Crippen molar-refractivity contribution in [1.29, 1.82) is 0 Å². The fraction of sp³-hybridized carbons (Fsp3) is 0.333. The van der Waals surface area contributed by atoms with E-state index in [4.69, 9.17) is 6.42 Å². The van der Waals surface area contributed by atoms with Crippen molar-refractivity contribution in [2.24, 2.45) is 0 Å². The number of para-hydroxylation sites is 1. The number of unbranched alkanes of at least 4 members (excludes halogenated alkanes) is 1. The summed E-state index contributed by atoms with van der Waals surface area (Å²) in [6.45, 7) is 1.53. The van der Waals surface area contributed by atoms with Crippen LogP contribution in [0.2, 0.25) is 0 Å². The molecule has 0 unspecified atom stereocenters. The number of phenols is 1. The van der Waals surface area contributed by atoms with Crippen molar-refractivity contribution in [1.82, 2.24) is 5.32 Å². The maximum absolute atomic E-state index is 9.68. The minimum Gasteiger partial charge on any atom is -0.506 e. The lowest BCUT2D eigenvalue weighted by Crippen LogP contribution is -2.14. The van der Waals surface area contributed by atoms with E-state index in [2.05, 4.69) is 27.2 Å². The zero-order valence-electron chi connectivity index (χ0n) is 8.46. The van der Waals surface area contributed by atoms with Crippen LogP contribution in [0.15, 0.2) is 22.7 Å². The predicted molar refractivity (Wildman–Crippen MR) is 65.6 cm³/mol. The topological polar surface area (TPSA) is 32.3 Å². The predicted octanol–water partition coefficient (Wildman–Crippen LogP) is 2.66. The maximum Gasteiger partial charge on any atom is 0.134 e. The normalized spacial score (nSPS) is 9.87. The summed E-state index contributed by atoms with van der Waals surface area (Å²) in [5.74, 6) is 2.90. The molecule has 0 aliphatic rings. The van der Waals surface area contributed by atoms with E-state index in [9.17, 15) is 5.11 Å². The molecule has 0 heterocycles. The van der Waals surface area contributed by atoms with Crippen LogP contribution in [-0.2, 0) is 6.54 Å². The van der Waals surface area contributed by atoms with Crippen LogP contribution in [0.3, 0.4) is 0 Å². The van der Waals surface area contributed by atoms with Crippen LogP contribution in [0.5, 0.6) is 5.75 Å². The Bertz CT molecular complexity index is 357. The molecule has 0 aromatic heterocycles. The highest BCUT2D eigenvalue weighted by atomic mass is 79.9. The molecule has 0 atom stereocenters. The van der Waals surface area contributed by atoms with Crippen molar-refractivity contribution in [3.8, 4) is 18.1 Å². The molecular formula is C12H14BrNO. The van der Waals surface area contributed by atoms with Gasteiger partial charge in [0.25, 0.3) is 0 Å². The van der Waals surface area contributed by atoms with E-state index in [-0.39, 0.29) is 0 Å². The van der Waals surface area contributed by atoms with E-state index in [1.165, 1.54) is 0 Å². The van der Waals surface area contributed by atoms with Crippen molar-refractivity contribution in [2.75, 3.05) is 6.54 Å².